The zero-order valence-electron chi connectivity index (χ0n) is 16.2. The molecule has 2 unspecified atom stereocenters. The van der Waals surface area contributed by atoms with Crippen molar-refractivity contribution in [1.29, 1.82) is 0 Å². The van der Waals surface area contributed by atoms with Crippen LogP contribution in [-0.4, -0.2) is 63.7 Å². The summed E-state index contributed by atoms with van der Waals surface area (Å²) in [4.78, 5) is 18.5. The number of carbonyl (C=O) groups is 1. The van der Waals surface area contributed by atoms with Crippen LogP contribution < -0.4 is 10.6 Å². The highest BCUT2D eigenvalue weighted by Crippen LogP contribution is 2.34. The van der Waals surface area contributed by atoms with Crippen molar-refractivity contribution in [1.82, 2.24) is 15.5 Å². The van der Waals surface area contributed by atoms with Crippen LogP contribution in [0.3, 0.4) is 0 Å². The highest BCUT2D eigenvalue weighted by molar-refractivity contribution is 5.86. The zero-order chi connectivity index (χ0) is 18.8. The number of likely N-dealkylation sites (tertiary alicyclic amines) is 1. The van der Waals surface area contributed by atoms with Gasteiger partial charge in [0.2, 0.25) is 5.91 Å². The molecule has 26 heavy (non-hydrogen) atoms. The largest absolute Gasteiger partial charge is 0.383 e. The van der Waals surface area contributed by atoms with Crippen LogP contribution in [0.1, 0.15) is 31.2 Å². The van der Waals surface area contributed by atoms with Crippen LogP contribution in [0.2, 0.25) is 0 Å². The maximum Gasteiger partial charge on any atom is 0.239 e. The number of nitrogens with one attached hydrogen (secondary N) is 2. The van der Waals surface area contributed by atoms with Gasteiger partial charge in [0.25, 0.3) is 0 Å². The average molecular weight is 361 g/mol. The van der Waals surface area contributed by atoms with Gasteiger partial charge in [0.15, 0.2) is 5.96 Å². The lowest BCUT2D eigenvalue weighted by atomic mass is 9.79. The molecule has 0 radical (unpaired) electrons. The van der Waals surface area contributed by atoms with Gasteiger partial charge in [-0.3, -0.25) is 9.79 Å². The summed E-state index contributed by atoms with van der Waals surface area (Å²) < 4.78 is 4.94. The minimum absolute atomic E-state index is 0.0468. The second-order valence-electron chi connectivity index (χ2n) is 6.66. The van der Waals surface area contributed by atoms with E-state index in [9.17, 15) is 4.79 Å². The number of aliphatic imine (C=N–C) groups is 1. The van der Waals surface area contributed by atoms with Gasteiger partial charge in [0.05, 0.1) is 13.2 Å². The molecule has 1 aliphatic heterocycles. The first-order valence-corrected chi connectivity index (χ1v) is 9.45. The molecule has 1 saturated heterocycles. The van der Waals surface area contributed by atoms with E-state index in [1.54, 1.807) is 14.2 Å². The van der Waals surface area contributed by atoms with Gasteiger partial charge >= 0.3 is 0 Å². The number of amides is 1. The van der Waals surface area contributed by atoms with Gasteiger partial charge < -0.3 is 20.3 Å². The third-order valence-corrected chi connectivity index (χ3v) is 5.03. The first-order valence-electron chi connectivity index (χ1n) is 9.45. The van der Waals surface area contributed by atoms with Crippen LogP contribution in [0.4, 0.5) is 0 Å². The average Bonchev–Trinajstić information content (AvgIpc) is 2.69. The predicted octanol–water partition coefficient (Wildman–Crippen LogP) is 1.84. The Bertz CT molecular complexity index is 576. The van der Waals surface area contributed by atoms with Crippen molar-refractivity contribution in [2.24, 2.45) is 10.9 Å². The minimum Gasteiger partial charge on any atom is -0.383 e. The normalized spacial score (nSPS) is 20.7. The molecule has 1 aromatic carbocycles. The summed E-state index contributed by atoms with van der Waals surface area (Å²) in [6, 6.07) is 10.8. The van der Waals surface area contributed by atoms with E-state index in [1.807, 2.05) is 0 Å². The standard InChI is InChI=1S/C20H32N4O2/c1-4-16-15-24(12-10-18(16)17-8-6-5-7-9-17)20(21-2)23-14-19(25)22-11-13-26-3/h5-9,16,18H,4,10-15H2,1-3H3,(H,21,23)(H,22,25). The Morgan fingerprint density at radius 3 is 2.73 bits per heavy atom. The highest BCUT2D eigenvalue weighted by atomic mass is 16.5. The van der Waals surface area contributed by atoms with E-state index in [4.69, 9.17) is 4.74 Å². The van der Waals surface area contributed by atoms with Gasteiger partial charge in [-0.25, -0.2) is 0 Å². The SMILES string of the molecule is CCC1CN(C(=NC)NCC(=O)NCCOC)CCC1c1ccccc1. The Hall–Kier alpha value is -2.08. The number of hydrogen-bond donors (Lipinski definition) is 2. The molecule has 1 aromatic rings. The number of benzene rings is 1. The smallest absolute Gasteiger partial charge is 0.239 e. The molecule has 0 spiro atoms. The first-order chi connectivity index (χ1) is 12.7. The molecule has 6 heteroatoms. The molecule has 1 aliphatic rings. The number of rotatable bonds is 7. The number of piperidine rings is 1. The van der Waals surface area contributed by atoms with Crippen LogP contribution in [0, 0.1) is 5.92 Å². The number of hydrogen-bond acceptors (Lipinski definition) is 3. The van der Waals surface area contributed by atoms with Crippen LogP contribution in [0.5, 0.6) is 0 Å². The van der Waals surface area contributed by atoms with E-state index >= 15 is 0 Å². The third kappa shape index (κ3) is 5.73. The molecule has 1 fully saturated rings. The number of ether oxygens (including phenoxy) is 1. The van der Waals surface area contributed by atoms with Crippen molar-refractivity contribution >= 4 is 11.9 Å². The number of nitrogens with zero attached hydrogens (tertiary/aromatic N) is 2. The summed E-state index contributed by atoms with van der Waals surface area (Å²) in [5.41, 5.74) is 1.43. The van der Waals surface area contributed by atoms with Crippen LogP contribution >= 0.6 is 0 Å². The Kier molecular flexibility index (Phi) is 8.41. The molecule has 0 saturated carbocycles. The van der Waals surface area contributed by atoms with E-state index in [0.717, 1.165) is 31.9 Å². The summed E-state index contributed by atoms with van der Waals surface area (Å²) in [6.45, 7) is 5.43. The quantitative estimate of drug-likeness (QED) is 0.442. The second-order valence-corrected chi connectivity index (χ2v) is 6.66. The Morgan fingerprint density at radius 2 is 2.08 bits per heavy atom. The van der Waals surface area contributed by atoms with Gasteiger partial charge in [-0.1, -0.05) is 43.7 Å². The van der Waals surface area contributed by atoms with Crippen molar-refractivity contribution < 1.29 is 9.53 Å². The third-order valence-electron chi connectivity index (χ3n) is 5.03. The summed E-state index contributed by atoms with van der Waals surface area (Å²) in [7, 11) is 3.39. The Labute approximate surface area is 157 Å². The fraction of sp³-hybridized carbons (Fsp3) is 0.600. The van der Waals surface area contributed by atoms with Crippen molar-refractivity contribution in [2.45, 2.75) is 25.7 Å². The maximum atomic E-state index is 11.9. The molecule has 0 aliphatic carbocycles. The fourth-order valence-corrected chi connectivity index (χ4v) is 3.62. The zero-order valence-corrected chi connectivity index (χ0v) is 16.2. The van der Waals surface area contributed by atoms with Crippen LogP contribution in [-0.2, 0) is 9.53 Å². The van der Waals surface area contributed by atoms with Crippen molar-refractivity contribution in [2.75, 3.05) is 46.9 Å². The monoisotopic (exact) mass is 360 g/mol. The molecule has 1 heterocycles. The molecule has 0 bridgehead atoms. The molecule has 0 aromatic heterocycles. The topological polar surface area (TPSA) is 66.0 Å². The Morgan fingerprint density at radius 1 is 1.31 bits per heavy atom. The molecule has 6 nitrogen and oxygen atoms in total. The minimum atomic E-state index is -0.0468. The molecular formula is C20H32N4O2. The van der Waals surface area contributed by atoms with Gasteiger partial charge in [0.1, 0.15) is 0 Å². The van der Waals surface area contributed by atoms with E-state index in [0.29, 0.717) is 25.0 Å². The fourth-order valence-electron chi connectivity index (χ4n) is 3.62. The molecule has 1 amide bonds. The lowest BCUT2D eigenvalue weighted by Crippen LogP contribution is -2.50. The Balaban J connectivity index is 1.89. The molecule has 144 valence electrons. The van der Waals surface area contributed by atoms with E-state index in [-0.39, 0.29) is 12.5 Å². The van der Waals surface area contributed by atoms with E-state index in [2.05, 4.69) is 57.8 Å². The predicted molar refractivity (Wildman–Crippen MR) is 105 cm³/mol. The van der Waals surface area contributed by atoms with Gasteiger partial charge in [-0.05, 0) is 23.8 Å². The van der Waals surface area contributed by atoms with E-state index in [1.165, 1.54) is 5.56 Å². The van der Waals surface area contributed by atoms with Crippen molar-refractivity contribution in [3.05, 3.63) is 35.9 Å². The number of carbonyl (C=O) groups excluding carboxylic acids is 1. The summed E-state index contributed by atoms with van der Waals surface area (Å²) in [5.74, 6) is 1.93. The summed E-state index contributed by atoms with van der Waals surface area (Å²) >= 11 is 0. The number of guanidine groups is 1. The van der Waals surface area contributed by atoms with Crippen molar-refractivity contribution in [3.63, 3.8) is 0 Å². The molecule has 2 rings (SSSR count). The summed E-state index contributed by atoms with van der Waals surface area (Å²) in [6.07, 6.45) is 2.23. The summed E-state index contributed by atoms with van der Waals surface area (Å²) in [5, 5.41) is 6.00. The van der Waals surface area contributed by atoms with Gasteiger partial charge in [-0.2, -0.15) is 0 Å². The lowest BCUT2D eigenvalue weighted by molar-refractivity contribution is -0.120. The second kappa shape index (κ2) is 10.8. The van der Waals surface area contributed by atoms with Crippen LogP contribution in [0.15, 0.2) is 35.3 Å². The maximum absolute atomic E-state index is 11.9. The van der Waals surface area contributed by atoms with Gasteiger partial charge in [-0.15, -0.1) is 0 Å². The molecule has 2 N–H and O–H groups in total. The number of methoxy groups -OCH3 is 1. The van der Waals surface area contributed by atoms with Crippen molar-refractivity contribution in [3.8, 4) is 0 Å². The van der Waals surface area contributed by atoms with Gasteiger partial charge in [0, 0.05) is 33.8 Å². The molecular weight excluding hydrogens is 328 g/mol. The lowest BCUT2D eigenvalue weighted by Gasteiger charge is -2.40. The molecule has 2 atom stereocenters. The van der Waals surface area contributed by atoms with Crippen LogP contribution in [0.25, 0.3) is 0 Å². The highest BCUT2D eigenvalue weighted by Gasteiger charge is 2.30. The first kappa shape index (κ1) is 20.2. The van der Waals surface area contributed by atoms with E-state index < -0.39 is 0 Å².